The molecule has 1 aromatic carbocycles. The first-order chi connectivity index (χ1) is 14.1. The number of methoxy groups -OCH3 is 1. The Hall–Kier alpha value is -2.90. The van der Waals surface area contributed by atoms with Gasteiger partial charge in [0.05, 0.1) is 23.5 Å². The van der Waals surface area contributed by atoms with Crippen LogP contribution in [0.2, 0.25) is 0 Å². The summed E-state index contributed by atoms with van der Waals surface area (Å²) in [6.45, 7) is 4.63. The van der Waals surface area contributed by atoms with Crippen LogP contribution in [0, 0.1) is 13.8 Å². The molecule has 2 aromatic heterocycles. The first kappa shape index (κ1) is 19.4. The van der Waals surface area contributed by atoms with Crippen LogP contribution in [-0.2, 0) is 25.4 Å². The number of rotatable bonds is 7. The fraction of sp³-hybridized carbons (Fsp3) is 0.364. The lowest BCUT2D eigenvalue weighted by Gasteiger charge is -2.35. The molecule has 3 atom stereocenters. The Balaban J connectivity index is 1.69. The summed E-state index contributed by atoms with van der Waals surface area (Å²) in [5.41, 5.74) is 6.37. The number of nitrogens with one attached hydrogen (secondary N) is 1. The number of pyridine rings is 1. The maximum atomic E-state index is 10.6. The van der Waals surface area contributed by atoms with E-state index in [1.54, 1.807) is 0 Å². The van der Waals surface area contributed by atoms with Gasteiger partial charge in [-0.3, -0.25) is 4.79 Å². The normalized spacial score (nSPS) is 19.4. The van der Waals surface area contributed by atoms with E-state index in [0.717, 1.165) is 33.8 Å². The van der Waals surface area contributed by atoms with E-state index in [9.17, 15) is 4.79 Å². The third-order valence-electron chi connectivity index (χ3n) is 5.52. The third kappa shape index (κ3) is 3.71. The van der Waals surface area contributed by atoms with Gasteiger partial charge in [-0.2, -0.15) is 0 Å². The fourth-order valence-corrected chi connectivity index (χ4v) is 3.83. The maximum Gasteiger partial charge on any atom is 0.295 e. The Morgan fingerprint density at radius 3 is 2.79 bits per heavy atom. The second kappa shape index (κ2) is 8.23. The van der Waals surface area contributed by atoms with E-state index in [1.165, 1.54) is 7.11 Å². The summed E-state index contributed by atoms with van der Waals surface area (Å²) in [6, 6.07) is 12.2. The highest BCUT2D eigenvalue weighted by Gasteiger charge is 2.32. The van der Waals surface area contributed by atoms with E-state index in [0.29, 0.717) is 12.9 Å². The molecule has 0 fully saturated rings. The molecule has 4 rings (SSSR count). The van der Waals surface area contributed by atoms with Crippen LogP contribution in [-0.4, -0.2) is 42.0 Å². The van der Waals surface area contributed by atoms with Crippen molar-refractivity contribution in [3.05, 3.63) is 65.1 Å². The first-order valence-electron chi connectivity index (χ1n) is 9.64. The van der Waals surface area contributed by atoms with Gasteiger partial charge in [-0.15, -0.1) is 0 Å². The molecule has 1 aliphatic heterocycles. The van der Waals surface area contributed by atoms with Gasteiger partial charge in [0.25, 0.3) is 6.47 Å². The van der Waals surface area contributed by atoms with Crippen LogP contribution in [0.3, 0.4) is 0 Å². The van der Waals surface area contributed by atoms with Crippen LogP contribution in [0.25, 0.3) is 5.65 Å². The molecule has 0 radical (unpaired) electrons. The third-order valence-corrected chi connectivity index (χ3v) is 5.52. The Labute approximate surface area is 169 Å². The predicted molar refractivity (Wildman–Crippen MR) is 109 cm³/mol. The van der Waals surface area contributed by atoms with E-state index >= 15 is 0 Å². The van der Waals surface area contributed by atoms with Crippen LogP contribution in [0.1, 0.15) is 28.6 Å². The zero-order valence-corrected chi connectivity index (χ0v) is 16.8. The van der Waals surface area contributed by atoms with Crippen molar-refractivity contribution in [1.82, 2.24) is 9.38 Å². The van der Waals surface area contributed by atoms with Gasteiger partial charge >= 0.3 is 0 Å². The summed E-state index contributed by atoms with van der Waals surface area (Å²) in [6.07, 6.45) is 1.88. The van der Waals surface area contributed by atoms with Crippen LogP contribution >= 0.6 is 0 Å². The van der Waals surface area contributed by atoms with Gasteiger partial charge in [-0.05, 0) is 31.0 Å². The molecule has 152 valence electrons. The van der Waals surface area contributed by atoms with Crippen molar-refractivity contribution in [1.29, 1.82) is 0 Å². The highest BCUT2D eigenvalue weighted by atomic mass is 16.7. The molecule has 0 amide bonds. The molecule has 29 heavy (non-hydrogen) atoms. The van der Waals surface area contributed by atoms with Gasteiger partial charge in [-0.25, -0.2) is 4.98 Å². The summed E-state index contributed by atoms with van der Waals surface area (Å²) >= 11 is 0. The summed E-state index contributed by atoms with van der Waals surface area (Å²) in [5.74, 6) is 0. The summed E-state index contributed by atoms with van der Waals surface area (Å²) in [7, 11) is 1.49. The number of benzene rings is 1. The second-order valence-corrected chi connectivity index (χ2v) is 7.20. The molecule has 0 saturated heterocycles. The summed E-state index contributed by atoms with van der Waals surface area (Å²) in [4.78, 5) is 15.4. The van der Waals surface area contributed by atoms with Crippen molar-refractivity contribution < 1.29 is 19.0 Å². The number of hydrogen-bond acceptors (Lipinski definition) is 6. The number of fused-ring (bicyclic) bond motifs is 3. The Morgan fingerprint density at radius 2 is 2.07 bits per heavy atom. The number of hydrogen-bond donors (Lipinski definition) is 1. The van der Waals surface area contributed by atoms with Crippen molar-refractivity contribution in [3.63, 3.8) is 0 Å². The number of nitrogens with zero attached hydrogens (tertiary/aromatic N) is 2. The first-order valence-corrected chi connectivity index (χ1v) is 9.64. The van der Waals surface area contributed by atoms with Crippen molar-refractivity contribution in [2.75, 3.05) is 19.0 Å². The lowest BCUT2D eigenvalue weighted by Crippen LogP contribution is -2.37. The largest absolute Gasteiger partial charge is 0.435 e. The Bertz CT molecular complexity index is 1000. The molecule has 0 aliphatic carbocycles. The highest BCUT2D eigenvalue weighted by molar-refractivity contribution is 5.74. The van der Waals surface area contributed by atoms with Gasteiger partial charge in [0.2, 0.25) is 6.29 Å². The number of carbonyl (C=O) groups excluding carboxylic acids is 1. The SMILES string of the molecule is COC(CO[C@@H]1Cc2ccn3c(C)c(C)nc3c2N[C@@H]1c1ccccc1)OC=O. The maximum absolute atomic E-state index is 10.6. The molecule has 3 aromatic rings. The van der Waals surface area contributed by atoms with Crippen molar-refractivity contribution in [2.45, 2.75) is 38.7 Å². The number of carbonyl (C=O) groups is 1. The minimum absolute atomic E-state index is 0.0686. The summed E-state index contributed by atoms with van der Waals surface area (Å²) in [5, 5.41) is 3.66. The minimum atomic E-state index is -0.731. The van der Waals surface area contributed by atoms with Gasteiger partial charge in [0, 0.05) is 25.4 Å². The van der Waals surface area contributed by atoms with Gasteiger partial charge < -0.3 is 23.9 Å². The monoisotopic (exact) mass is 395 g/mol. The molecule has 1 aliphatic rings. The second-order valence-electron chi connectivity index (χ2n) is 7.20. The van der Waals surface area contributed by atoms with Crippen molar-refractivity contribution in [2.24, 2.45) is 0 Å². The minimum Gasteiger partial charge on any atom is -0.435 e. The molecular weight excluding hydrogens is 370 g/mol. The number of imidazole rings is 1. The smallest absolute Gasteiger partial charge is 0.295 e. The van der Waals surface area contributed by atoms with E-state index in [2.05, 4.69) is 41.0 Å². The highest BCUT2D eigenvalue weighted by Crippen LogP contribution is 2.37. The predicted octanol–water partition coefficient (Wildman–Crippen LogP) is 3.19. The molecule has 3 heterocycles. The molecule has 7 nitrogen and oxygen atoms in total. The average molecular weight is 395 g/mol. The molecule has 1 N–H and O–H groups in total. The van der Waals surface area contributed by atoms with Gasteiger partial charge in [0.15, 0.2) is 5.65 Å². The topological polar surface area (TPSA) is 74.1 Å². The molecule has 0 spiro atoms. The van der Waals surface area contributed by atoms with Crippen molar-refractivity contribution in [3.8, 4) is 0 Å². The molecule has 1 unspecified atom stereocenters. The van der Waals surface area contributed by atoms with Gasteiger partial charge in [-0.1, -0.05) is 30.3 Å². The zero-order chi connectivity index (χ0) is 20.4. The van der Waals surface area contributed by atoms with Crippen molar-refractivity contribution >= 4 is 17.8 Å². The quantitative estimate of drug-likeness (QED) is 0.489. The molecule has 0 saturated carbocycles. The van der Waals surface area contributed by atoms with Crippen LogP contribution in [0.15, 0.2) is 42.6 Å². The number of aromatic nitrogens is 2. The van der Waals surface area contributed by atoms with Gasteiger partial charge in [0.1, 0.15) is 6.61 Å². The molecule has 0 bridgehead atoms. The van der Waals surface area contributed by atoms with Crippen LogP contribution < -0.4 is 5.32 Å². The molecular formula is C22H25N3O4. The lowest BCUT2D eigenvalue weighted by molar-refractivity contribution is -0.175. The van der Waals surface area contributed by atoms with E-state index in [-0.39, 0.29) is 18.8 Å². The Morgan fingerprint density at radius 1 is 1.28 bits per heavy atom. The zero-order valence-electron chi connectivity index (χ0n) is 16.8. The van der Waals surface area contributed by atoms with E-state index in [4.69, 9.17) is 19.2 Å². The van der Waals surface area contributed by atoms with Crippen LogP contribution in [0.5, 0.6) is 0 Å². The number of anilines is 1. The fourth-order valence-electron chi connectivity index (χ4n) is 3.83. The Kier molecular flexibility index (Phi) is 5.51. The van der Waals surface area contributed by atoms with E-state index in [1.807, 2.05) is 25.1 Å². The average Bonchev–Trinajstić information content (AvgIpc) is 3.05. The number of ether oxygens (including phenoxy) is 3. The standard InChI is InChI=1S/C22H25N3O4/c1-14-15(2)25-10-9-17-11-18(28-12-19(27-3)29-13-26)20(16-7-5-4-6-8-16)24-21(17)22(25)23-14/h4-10,13,18-20,24H,11-12H2,1-3H3/t18-,19?,20-/m1/s1. The van der Waals surface area contributed by atoms with E-state index < -0.39 is 6.29 Å². The molecule has 7 heteroatoms. The summed E-state index contributed by atoms with van der Waals surface area (Å²) < 4.78 is 18.3. The number of aryl methyl sites for hydroxylation is 2. The lowest BCUT2D eigenvalue weighted by atomic mass is 9.91. The van der Waals surface area contributed by atoms with Crippen LogP contribution in [0.4, 0.5) is 5.69 Å².